The van der Waals surface area contributed by atoms with Gasteiger partial charge < -0.3 is 9.80 Å². The lowest BCUT2D eigenvalue weighted by atomic mass is 10.2. The number of nitrogens with zero attached hydrogens (tertiary/aromatic N) is 2. The van der Waals surface area contributed by atoms with Gasteiger partial charge in [0.25, 0.3) is 0 Å². The lowest BCUT2D eigenvalue weighted by Gasteiger charge is -2.34. The Balaban J connectivity index is 1.61. The van der Waals surface area contributed by atoms with Gasteiger partial charge in [-0.25, -0.2) is 13.1 Å². The van der Waals surface area contributed by atoms with Crippen LogP contribution in [0.1, 0.15) is 5.56 Å². The first kappa shape index (κ1) is 18.2. The molecule has 1 N–H and O–H groups in total. The summed E-state index contributed by atoms with van der Waals surface area (Å²) >= 11 is 5.80. The molecule has 0 aromatic heterocycles. The number of halogens is 1. The molecular formula is C18H22ClN3O2S. The average Bonchev–Trinajstić information content (AvgIpc) is 2.62. The second-order valence-corrected chi connectivity index (χ2v) is 8.44. The number of sulfonamides is 1. The first-order valence-electron chi connectivity index (χ1n) is 8.22. The number of nitrogens with one attached hydrogen (secondary N) is 1. The second-order valence-electron chi connectivity index (χ2n) is 6.24. The van der Waals surface area contributed by atoms with Gasteiger partial charge >= 0.3 is 0 Å². The molecule has 2 aromatic carbocycles. The lowest BCUT2D eigenvalue weighted by molar-refractivity contribution is 0.313. The molecule has 134 valence electrons. The molecule has 1 saturated heterocycles. The van der Waals surface area contributed by atoms with Crippen molar-refractivity contribution in [3.63, 3.8) is 0 Å². The minimum Gasteiger partial charge on any atom is -0.369 e. The van der Waals surface area contributed by atoms with Crippen LogP contribution >= 0.6 is 11.6 Å². The highest BCUT2D eigenvalue weighted by atomic mass is 35.5. The van der Waals surface area contributed by atoms with Crippen molar-refractivity contribution >= 4 is 27.3 Å². The maximum Gasteiger partial charge on any atom is 0.240 e. The topological polar surface area (TPSA) is 52.6 Å². The van der Waals surface area contributed by atoms with Gasteiger partial charge in [-0.2, -0.15) is 0 Å². The van der Waals surface area contributed by atoms with E-state index in [2.05, 4.69) is 33.7 Å². The second kappa shape index (κ2) is 7.74. The van der Waals surface area contributed by atoms with E-state index < -0.39 is 10.0 Å². The number of benzene rings is 2. The van der Waals surface area contributed by atoms with Gasteiger partial charge in [-0.15, -0.1) is 0 Å². The third-order valence-electron chi connectivity index (χ3n) is 4.40. The number of anilines is 1. The molecule has 0 amide bonds. The highest BCUT2D eigenvalue weighted by Crippen LogP contribution is 2.18. The van der Waals surface area contributed by atoms with E-state index >= 15 is 0 Å². The average molecular weight is 380 g/mol. The van der Waals surface area contributed by atoms with Gasteiger partial charge in [0.15, 0.2) is 0 Å². The lowest BCUT2D eigenvalue weighted by Crippen LogP contribution is -2.44. The number of piperazine rings is 1. The van der Waals surface area contributed by atoms with Gasteiger partial charge in [0.2, 0.25) is 10.0 Å². The standard InChI is InChI=1S/C18H22ClN3O2S/c1-21-10-12-22(13-11-21)17-6-2-15(3-7-17)14-20-25(23,24)18-8-4-16(19)5-9-18/h2-9,20H,10-14H2,1H3. The molecule has 0 aliphatic carbocycles. The quantitative estimate of drug-likeness (QED) is 0.867. The Morgan fingerprint density at radius 1 is 0.960 bits per heavy atom. The third kappa shape index (κ3) is 4.73. The minimum atomic E-state index is -3.54. The van der Waals surface area contributed by atoms with Crippen LogP contribution in [0.2, 0.25) is 5.02 Å². The Kier molecular flexibility index (Phi) is 5.64. The smallest absolute Gasteiger partial charge is 0.240 e. The van der Waals surface area contributed by atoms with Crippen LogP contribution in [0.25, 0.3) is 0 Å². The summed E-state index contributed by atoms with van der Waals surface area (Å²) in [6.45, 7) is 4.40. The maximum absolute atomic E-state index is 12.3. The van der Waals surface area contributed by atoms with Crippen LogP contribution in [-0.2, 0) is 16.6 Å². The molecule has 1 heterocycles. The van der Waals surface area contributed by atoms with Gasteiger partial charge in [-0.05, 0) is 49.0 Å². The van der Waals surface area contributed by atoms with Crippen molar-refractivity contribution in [1.82, 2.24) is 9.62 Å². The van der Waals surface area contributed by atoms with Crippen molar-refractivity contribution in [2.24, 2.45) is 0 Å². The molecule has 0 saturated carbocycles. The highest BCUT2D eigenvalue weighted by molar-refractivity contribution is 7.89. The zero-order valence-corrected chi connectivity index (χ0v) is 15.7. The first-order valence-corrected chi connectivity index (χ1v) is 10.1. The molecular weight excluding hydrogens is 358 g/mol. The van der Waals surface area contributed by atoms with Crippen LogP contribution in [0.5, 0.6) is 0 Å². The van der Waals surface area contributed by atoms with E-state index in [9.17, 15) is 8.42 Å². The van der Waals surface area contributed by atoms with Crippen LogP contribution in [0.4, 0.5) is 5.69 Å². The maximum atomic E-state index is 12.3. The van der Waals surface area contributed by atoms with E-state index in [4.69, 9.17) is 11.6 Å². The predicted molar refractivity (Wildman–Crippen MR) is 102 cm³/mol. The molecule has 3 rings (SSSR count). The van der Waals surface area contributed by atoms with E-state index in [-0.39, 0.29) is 11.4 Å². The summed E-state index contributed by atoms with van der Waals surface area (Å²) in [4.78, 5) is 4.88. The Morgan fingerprint density at radius 2 is 1.56 bits per heavy atom. The summed E-state index contributed by atoms with van der Waals surface area (Å²) in [5.74, 6) is 0. The summed E-state index contributed by atoms with van der Waals surface area (Å²) in [6, 6.07) is 14.2. The molecule has 5 nitrogen and oxygen atoms in total. The Labute approximate surface area is 154 Å². The van der Waals surface area contributed by atoms with E-state index in [1.54, 1.807) is 12.1 Å². The molecule has 7 heteroatoms. The first-order chi connectivity index (χ1) is 11.9. The fourth-order valence-electron chi connectivity index (χ4n) is 2.76. The Hall–Kier alpha value is -1.60. The van der Waals surface area contributed by atoms with E-state index in [1.165, 1.54) is 17.8 Å². The van der Waals surface area contributed by atoms with Crippen LogP contribution < -0.4 is 9.62 Å². The van der Waals surface area contributed by atoms with Crippen molar-refractivity contribution in [1.29, 1.82) is 0 Å². The molecule has 0 unspecified atom stereocenters. The van der Waals surface area contributed by atoms with Gasteiger partial charge in [0.1, 0.15) is 0 Å². The Bertz CT molecular complexity index is 799. The highest BCUT2D eigenvalue weighted by Gasteiger charge is 2.15. The normalized spacial score (nSPS) is 16.2. The van der Waals surface area contributed by atoms with Gasteiger partial charge in [0, 0.05) is 43.4 Å². The molecule has 0 radical (unpaired) electrons. The molecule has 2 aromatic rings. The zero-order chi connectivity index (χ0) is 17.9. The van der Waals surface area contributed by atoms with Crippen molar-refractivity contribution in [2.75, 3.05) is 38.1 Å². The van der Waals surface area contributed by atoms with E-state index in [1.807, 2.05) is 12.1 Å². The summed E-state index contributed by atoms with van der Waals surface area (Å²) in [6.07, 6.45) is 0. The predicted octanol–water partition coefficient (Wildman–Crippen LogP) is 2.57. The third-order valence-corrected chi connectivity index (χ3v) is 6.06. The van der Waals surface area contributed by atoms with Crippen molar-refractivity contribution < 1.29 is 8.42 Å². The van der Waals surface area contributed by atoms with Gasteiger partial charge in [0.05, 0.1) is 4.90 Å². The van der Waals surface area contributed by atoms with Crippen molar-refractivity contribution in [3.8, 4) is 0 Å². The minimum absolute atomic E-state index is 0.214. The van der Waals surface area contributed by atoms with Crippen LogP contribution in [0.15, 0.2) is 53.4 Å². The summed E-state index contributed by atoms with van der Waals surface area (Å²) in [5, 5.41) is 0.512. The van der Waals surface area contributed by atoms with Gasteiger partial charge in [-0.1, -0.05) is 23.7 Å². The van der Waals surface area contributed by atoms with Gasteiger partial charge in [-0.3, -0.25) is 0 Å². The molecule has 1 aliphatic heterocycles. The molecule has 0 spiro atoms. The van der Waals surface area contributed by atoms with Crippen molar-refractivity contribution in [3.05, 3.63) is 59.1 Å². The number of hydrogen-bond acceptors (Lipinski definition) is 4. The monoisotopic (exact) mass is 379 g/mol. The SMILES string of the molecule is CN1CCN(c2ccc(CNS(=O)(=O)c3ccc(Cl)cc3)cc2)CC1. The summed E-state index contributed by atoms with van der Waals surface area (Å²) < 4.78 is 27.2. The summed E-state index contributed by atoms with van der Waals surface area (Å²) in [7, 11) is -1.40. The molecule has 1 aliphatic rings. The fraction of sp³-hybridized carbons (Fsp3) is 0.333. The van der Waals surface area contributed by atoms with E-state index in [0.29, 0.717) is 5.02 Å². The van der Waals surface area contributed by atoms with Crippen molar-refractivity contribution in [2.45, 2.75) is 11.4 Å². The molecule has 25 heavy (non-hydrogen) atoms. The largest absolute Gasteiger partial charge is 0.369 e. The number of rotatable bonds is 5. The summed E-state index contributed by atoms with van der Waals surface area (Å²) in [5.41, 5.74) is 2.10. The fourth-order valence-corrected chi connectivity index (χ4v) is 3.91. The Morgan fingerprint density at radius 3 is 2.16 bits per heavy atom. The number of hydrogen-bond donors (Lipinski definition) is 1. The van der Waals surface area contributed by atoms with Crippen LogP contribution in [0, 0.1) is 0 Å². The number of likely N-dealkylation sites (N-methyl/N-ethyl adjacent to an activating group) is 1. The molecule has 0 bridgehead atoms. The van der Waals surface area contributed by atoms with Crippen LogP contribution in [-0.4, -0.2) is 46.5 Å². The van der Waals surface area contributed by atoms with Crippen LogP contribution in [0.3, 0.4) is 0 Å². The molecule has 1 fully saturated rings. The zero-order valence-electron chi connectivity index (χ0n) is 14.2. The molecule has 0 atom stereocenters. The van der Waals surface area contributed by atoms with E-state index in [0.717, 1.165) is 31.7 Å².